The molecule has 0 amide bonds. The molecule has 0 spiro atoms. The van der Waals surface area contributed by atoms with E-state index < -0.39 is 0 Å². The van der Waals surface area contributed by atoms with E-state index >= 15 is 0 Å². The molecular formula is C13H13NO2S. The molecule has 0 saturated carbocycles. The Hall–Kier alpha value is -1.52. The largest absolute Gasteiger partial charge is 0.486 e. The van der Waals surface area contributed by atoms with Crippen LogP contribution in [-0.4, -0.2) is 13.2 Å². The first-order valence-electron chi connectivity index (χ1n) is 5.53. The van der Waals surface area contributed by atoms with Gasteiger partial charge in [-0.3, -0.25) is 0 Å². The van der Waals surface area contributed by atoms with Gasteiger partial charge in [0.15, 0.2) is 11.5 Å². The highest BCUT2D eigenvalue weighted by Crippen LogP contribution is 2.34. The van der Waals surface area contributed by atoms with Crippen molar-refractivity contribution in [3.8, 4) is 11.5 Å². The van der Waals surface area contributed by atoms with Crippen LogP contribution in [0.15, 0.2) is 35.7 Å². The number of thiophene rings is 1. The Kier molecular flexibility index (Phi) is 2.74. The molecule has 0 fully saturated rings. The molecule has 0 saturated heterocycles. The maximum atomic E-state index is 6.21. The smallest absolute Gasteiger partial charge is 0.161 e. The van der Waals surface area contributed by atoms with Crippen LogP contribution in [0.25, 0.3) is 0 Å². The zero-order chi connectivity index (χ0) is 11.7. The van der Waals surface area contributed by atoms with Gasteiger partial charge in [-0.05, 0) is 29.1 Å². The van der Waals surface area contributed by atoms with Crippen molar-refractivity contribution in [3.63, 3.8) is 0 Å². The highest BCUT2D eigenvalue weighted by Gasteiger charge is 2.16. The first-order chi connectivity index (χ1) is 8.34. The maximum Gasteiger partial charge on any atom is 0.161 e. The summed E-state index contributed by atoms with van der Waals surface area (Å²) < 4.78 is 11.0. The molecular weight excluding hydrogens is 234 g/mol. The number of fused-ring (bicyclic) bond motifs is 1. The van der Waals surface area contributed by atoms with E-state index in [1.54, 1.807) is 11.3 Å². The molecule has 0 bridgehead atoms. The van der Waals surface area contributed by atoms with E-state index in [2.05, 4.69) is 0 Å². The highest BCUT2D eigenvalue weighted by molar-refractivity contribution is 7.10. The zero-order valence-corrected chi connectivity index (χ0v) is 10.1. The zero-order valence-electron chi connectivity index (χ0n) is 9.26. The molecule has 0 aliphatic carbocycles. The minimum absolute atomic E-state index is 0.0918. The Morgan fingerprint density at radius 1 is 1.12 bits per heavy atom. The standard InChI is InChI=1S/C13H13NO2S/c14-13(12-2-1-7-17-12)9-3-4-10-11(8-9)16-6-5-15-10/h1-4,7-8,13H,5-6,14H2. The second-order valence-corrected chi connectivity index (χ2v) is 4.88. The van der Waals surface area contributed by atoms with Crippen molar-refractivity contribution in [1.29, 1.82) is 0 Å². The summed E-state index contributed by atoms with van der Waals surface area (Å²) in [4.78, 5) is 1.15. The fourth-order valence-corrected chi connectivity index (χ4v) is 2.64. The lowest BCUT2D eigenvalue weighted by Gasteiger charge is -2.20. The van der Waals surface area contributed by atoms with Crippen LogP contribution in [0.5, 0.6) is 11.5 Å². The van der Waals surface area contributed by atoms with Gasteiger partial charge in [-0.1, -0.05) is 12.1 Å². The predicted molar refractivity (Wildman–Crippen MR) is 67.8 cm³/mol. The minimum atomic E-state index is -0.0918. The van der Waals surface area contributed by atoms with E-state index in [9.17, 15) is 0 Å². The van der Waals surface area contributed by atoms with Gasteiger partial charge in [0.1, 0.15) is 13.2 Å². The molecule has 1 aromatic carbocycles. The van der Waals surface area contributed by atoms with Gasteiger partial charge in [-0.25, -0.2) is 0 Å². The van der Waals surface area contributed by atoms with Gasteiger partial charge in [0.05, 0.1) is 6.04 Å². The molecule has 1 aliphatic rings. The third-order valence-electron chi connectivity index (χ3n) is 2.78. The molecule has 2 aromatic rings. The summed E-state index contributed by atoms with van der Waals surface area (Å²) >= 11 is 1.67. The van der Waals surface area contributed by atoms with E-state index in [4.69, 9.17) is 15.2 Å². The Morgan fingerprint density at radius 3 is 2.71 bits per heavy atom. The molecule has 3 nitrogen and oxygen atoms in total. The maximum absolute atomic E-state index is 6.21. The lowest BCUT2D eigenvalue weighted by molar-refractivity contribution is 0.171. The Bertz CT molecular complexity index is 510. The average molecular weight is 247 g/mol. The van der Waals surface area contributed by atoms with Crippen LogP contribution in [0, 0.1) is 0 Å². The van der Waals surface area contributed by atoms with Crippen molar-refractivity contribution < 1.29 is 9.47 Å². The van der Waals surface area contributed by atoms with Gasteiger partial charge in [0, 0.05) is 4.88 Å². The lowest BCUT2D eigenvalue weighted by atomic mass is 10.1. The monoisotopic (exact) mass is 247 g/mol. The van der Waals surface area contributed by atoms with Crippen molar-refractivity contribution in [3.05, 3.63) is 46.2 Å². The SMILES string of the molecule is NC(c1ccc2c(c1)OCCO2)c1cccs1. The Balaban J connectivity index is 1.93. The van der Waals surface area contributed by atoms with E-state index in [1.807, 2.05) is 35.7 Å². The first-order valence-corrected chi connectivity index (χ1v) is 6.41. The fourth-order valence-electron chi connectivity index (χ4n) is 1.89. The van der Waals surface area contributed by atoms with Crippen LogP contribution in [0.1, 0.15) is 16.5 Å². The molecule has 1 atom stereocenters. The number of rotatable bonds is 2. The second kappa shape index (κ2) is 4.39. The Morgan fingerprint density at radius 2 is 1.94 bits per heavy atom. The number of nitrogens with two attached hydrogens (primary N) is 1. The number of hydrogen-bond acceptors (Lipinski definition) is 4. The molecule has 1 unspecified atom stereocenters. The molecule has 1 aromatic heterocycles. The number of hydrogen-bond donors (Lipinski definition) is 1. The minimum Gasteiger partial charge on any atom is -0.486 e. The second-order valence-electron chi connectivity index (χ2n) is 3.90. The Labute approximate surface area is 104 Å². The van der Waals surface area contributed by atoms with Gasteiger partial charge >= 0.3 is 0 Å². The van der Waals surface area contributed by atoms with Crippen LogP contribution in [0.2, 0.25) is 0 Å². The lowest BCUT2D eigenvalue weighted by Crippen LogP contribution is -2.16. The quantitative estimate of drug-likeness (QED) is 0.887. The van der Waals surface area contributed by atoms with Gasteiger partial charge in [-0.15, -0.1) is 11.3 Å². The number of ether oxygens (including phenoxy) is 2. The van der Waals surface area contributed by atoms with Gasteiger partial charge in [-0.2, -0.15) is 0 Å². The van der Waals surface area contributed by atoms with Crippen molar-refractivity contribution in [2.24, 2.45) is 5.73 Å². The van der Waals surface area contributed by atoms with E-state index in [0.717, 1.165) is 21.9 Å². The summed E-state index contributed by atoms with van der Waals surface area (Å²) in [5, 5.41) is 2.03. The van der Waals surface area contributed by atoms with Crippen molar-refractivity contribution in [1.82, 2.24) is 0 Å². The van der Waals surface area contributed by atoms with E-state index in [0.29, 0.717) is 13.2 Å². The molecule has 4 heteroatoms. The van der Waals surface area contributed by atoms with Crippen LogP contribution in [0.4, 0.5) is 0 Å². The highest BCUT2D eigenvalue weighted by atomic mass is 32.1. The van der Waals surface area contributed by atoms with Crippen LogP contribution >= 0.6 is 11.3 Å². The topological polar surface area (TPSA) is 44.5 Å². The third-order valence-corrected chi connectivity index (χ3v) is 3.73. The van der Waals surface area contributed by atoms with Crippen molar-refractivity contribution >= 4 is 11.3 Å². The molecule has 0 radical (unpaired) electrons. The first kappa shape index (κ1) is 10.6. The summed E-state index contributed by atoms with van der Waals surface area (Å²) in [6.45, 7) is 1.22. The van der Waals surface area contributed by atoms with E-state index in [-0.39, 0.29) is 6.04 Å². The molecule has 2 N–H and O–H groups in total. The molecule has 1 aliphatic heterocycles. The van der Waals surface area contributed by atoms with E-state index in [1.165, 1.54) is 0 Å². The van der Waals surface area contributed by atoms with Gasteiger partial charge < -0.3 is 15.2 Å². The predicted octanol–water partition coefficient (Wildman–Crippen LogP) is 2.57. The molecule has 2 heterocycles. The van der Waals surface area contributed by atoms with Crippen LogP contribution in [0.3, 0.4) is 0 Å². The molecule has 3 rings (SSSR count). The summed E-state index contributed by atoms with van der Waals surface area (Å²) in [7, 11) is 0. The van der Waals surface area contributed by atoms with Gasteiger partial charge in [0.25, 0.3) is 0 Å². The normalized spacial score (nSPS) is 15.6. The number of benzene rings is 1. The van der Waals surface area contributed by atoms with Gasteiger partial charge in [0.2, 0.25) is 0 Å². The fraction of sp³-hybridized carbons (Fsp3) is 0.231. The van der Waals surface area contributed by atoms with Crippen molar-refractivity contribution in [2.75, 3.05) is 13.2 Å². The average Bonchev–Trinajstić information content (AvgIpc) is 2.91. The van der Waals surface area contributed by atoms with Crippen LogP contribution < -0.4 is 15.2 Å². The van der Waals surface area contributed by atoms with Crippen LogP contribution in [-0.2, 0) is 0 Å². The summed E-state index contributed by atoms with van der Waals surface area (Å²) in [6.07, 6.45) is 0. The summed E-state index contributed by atoms with van der Waals surface area (Å²) in [5.74, 6) is 1.60. The summed E-state index contributed by atoms with van der Waals surface area (Å²) in [6, 6.07) is 9.86. The molecule has 17 heavy (non-hydrogen) atoms. The van der Waals surface area contributed by atoms with Crippen molar-refractivity contribution in [2.45, 2.75) is 6.04 Å². The summed E-state index contributed by atoms with van der Waals surface area (Å²) in [5.41, 5.74) is 7.26. The third kappa shape index (κ3) is 2.01. The molecule has 88 valence electrons.